The van der Waals surface area contributed by atoms with Gasteiger partial charge in [-0.25, -0.2) is 0 Å². The van der Waals surface area contributed by atoms with Gasteiger partial charge in [-0.2, -0.15) is 5.26 Å². The molecule has 0 aromatic rings. The lowest BCUT2D eigenvalue weighted by atomic mass is 9.60. The van der Waals surface area contributed by atoms with Crippen LogP contribution in [-0.4, -0.2) is 50.2 Å². The van der Waals surface area contributed by atoms with Crippen LogP contribution in [0.1, 0.15) is 71.6 Å². The van der Waals surface area contributed by atoms with E-state index in [1.165, 1.54) is 51.4 Å². The number of hydrogen-bond acceptors (Lipinski definition) is 6. The Kier molecular flexibility index (Phi) is 7.24. The van der Waals surface area contributed by atoms with Crippen LogP contribution in [-0.2, 0) is 4.79 Å². The van der Waals surface area contributed by atoms with Crippen LogP contribution < -0.4 is 26.8 Å². The summed E-state index contributed by atoms with van der Waals surface area (Å²) in [5.41, 5.74) is 7.27. The Morgan fingerprint density at radius 2 is 1.62 bits per heavy atom. The second kappa shape index (κ2) is 10.0. The molecule has 2 aliphatic carbocycles. The second-order valence-electron chi connectivity index (χ2n) is 12.6. The molecule has 1 amide bonds. The van der Waals surface area contributed by atoms with E-state index in [1.807, 2.05) is 0 Å². The van der Waals surface area contributed by atoms with Gasteiger partial charge in [0.1, 0.15) is 0 Å². The van der Waals surface area contributed by atoms with Gasteiger partial charge in [0.05, 0.1) is 17.5 Å². The third-order valence-corrected chi connectivity index (χ3v) is 10.6. The first-order valence-electron chi connectivity index (χ1n) is 14.0. The highest BCUT2D eigenvalue weighted by Gasteiger charge is 2.52. The smallest absolute Gasteiger partial charge is 0.236 e. The topological polar surface area (TPSA) is 101 Å². The summed E-state index contributed by atoms with van der Waals surface area (Å²) in [6.07, 6.45) is 11.0. The van der Waals surface area contributed by atoms with Crippen LogP contribution in [0.5, 0.6) is 0 Å². The van der Waals surface area contributed by atoms with Gasteiger partial charge in [-0.05, 0) is 114 Å². The largest absolute Gasteiger partial charge is 0.358 e. The molecule has 3 heterocycles. The summed E-state index contributed by atoms with van der Waals surface area (Å²) in [7, 11) is 1.74. The van der Waals surface area contributed by atoms with Gasteiger partial charge in [0.2, 0.25) is 5.91 Å². The number of amides is 1. The summed E-state index contributed by atoms with van der Waals surface area (Å²) in [4.78, 5) is 12.0. The number of piperidine rings is 2. The Hall–Kier alpha value is -1.20. The lowest BCUT2D eigenvalue weighted by molar-refractivity contribution is -0.123. The first-order chi connectivity index (χ1) is 16.4. The van der Waals surface area contributed by atoms with E-state index in [4.69, 9.17) is 0 Å². The molecule has 0 bridgehead atoms. The quantitative estimate of drug-likeness (QED) is 0.432. The number of nitrogens with one attached hydrogen (secondary N) is 5. The third kappa shape index (κ3) is 4.64. The molecule has 3 aliphatic heterocycles. The third-order valence-electron chi connectivity index (χ3n) is 10.6. The highest BCUT2D eigenvalue weighted by molar-refractivity contribution is 5.81. The molecule has 0 spiro atoms. The van der Waals surface area contributed by atoms with Crippen LogP contribution in [0.2, 0.25) is 0 Å². The van der Waals surface area contributed by atoms with Crippen LogP contribution in [0.3, 0.4) is 0 Å². The van der Waals surface area contributed by atoms with Crippen molar-refractivity contribution in [2.75, 3.05) is 20.1 Å². The SMILES string of the molecule is CNC(=O)C1CCC(C2CCC3NCC4NNC(C5CCC(C(C)(C)C#N)CC5)C4C3C2)CN1. The number of nitriles is 1. The Bertz CT molecular complexity index is 764. The zero-order chi connectivity index (χ0) is 23.9. The normalized spacial score (nSPS) is 45.0. The van der Waals surface area contributed by atoms with E-state index in [-0.39, 0.29) is 17.4 Å². The van der Waals surface area contributed by atoms with Gasteiger partial charge in [0.15, 0.2) is 0 Å². The molecule has 3 saturated heterocycles. The molecule has 8 unspecified atom stereocenters. The molecule has 8 atom stereocenters. The highest BCUT2D eigenvalue weighted by Crippen LogP contribution is 2.48. The molecule has 5 rings (SSSR count). The summed E-state index contributed by atoms with van der Waals surface area (Å²) in [5.74, 6) is 4.30. The van der Waals surface area contributed by atoms with Crippen molar-refractivity contribution >= 4 is 5.91 Å². The fourth-order valence-electron chi connectivity index (χ4n) is 8.42. The molecule has 0 radical (unpaired) electrons. The summed E-state index contributed by atoms with van der Waals surface area (Å²) in [6, 6.07) is 4.30. The molecule has 5 fully saturated rings. The van der Waals surface area contributed by atoms with Gasteiger partial charge in [0.25, 0.3) is 0 Å². The van der Waals surface area contributed by atoms with Crippen molar-refractivity contribution < 1.29 is 4.79 Å². The fraction of sp³-hybridized carbons (Fsp3) is 0.926. The Balaban J connectivity index is 1.22. The van der Waals surface area contributed by atoms with Crippen LogP contribution in [0.15, 0.2) is 0 Å². The maximum atomic E-state index is 12.0. The second-order valence-corrected chi connectivity index (χ2v) is 12.6. The number of rotatable bonds is 4. The van der Waals surface area contributed by atoms with Crippen LogP contribution in [0.4, 0.5) is 0 Å². The Morgan fingerprint density at radius 3 is 2.29 bits per heavy atom. The lowest BCUT2D eigenvalue weighted by Crippen LogP contribution is -2.59. The molecule has 5 N–H and O–H groups in total. The number of likely N-dealkylation sites (N-methyl/N-ethyl adjacent to an activating group) is 1. The minimum absolute atomic E-state index is 0.00734. The zero-order valence-corrected chi connectivity index (χ0v) is 21.4. The molecule has 2 saturated carbocycles. The first-order valence-corrected chi connectivity index (χ1v) is 14.0. The summed E-state index contributed by atoms with van der Waals surface area (Å²) >= 11 is 0. The summed E-state index contributed by atoms with van der Waals surface area (Å²) < 4.78 is 0. The van der Waals surface area contributed by atoms with Gasteiger partial charge in [-0.3, -0.25) is 15.6 Å². The molecule has 5 aliphatic rings. The van der Waals surface area contributed by atoms with E-state index in [9.17, 15) is 10.1 Å². The highest BCUT2D eigenvalue weighted by atomic mass is 16.2. The zero-order valence-electron chi connectivity index (χ0n) is 21.4. The maximum absolute atomic E-state index is 12.0. The predicted octanol–water partition coefficient (Wildman–Crippen LogP) is 2.31. The summed E-state index contributed by atoms with van der Waals surface area (Å²) in [5, 5.41) is 19.8. The van der Waals surface area contributed by atoms with E-state index in [2.05, 4.69) is 46.7 Å². The van der Waals surface area contributed by atoms with Crippen molar-refractivity contribution in [3.63, 3.8) is 0 Å². The standard InChI is InChI=1S/C27H46N6O/c1-27(2,15-28)19-8-4-16(5-9-19)25-24-20-12-17(6-10-21(20)31-14-23(24)32-33-25)18-7-11-22(30-13-18)26(34)29-3/h16-25,30-33H,4-14H2,1-3H3,(H,29,34). The number of hydrogen-bond donors (Lipinski definition) is 5. The van der Waals surface area contributed by atoms with E-state index in [0.29, 0.717) is 35.9 Å². The number of nitrogens with zero attached hydrogens (tertiary/aromatic N) is 1. The molecule has 7 heteroatoms. The van der Waals surface area contributed by atoms with Gasteiger partial charge >= 0.3 is 0 Å². The van der Waals surface area contributed by atoms with Crippen molar-refractivity contribution in [2.45, 2.75) is 95.8 Å². The van der Waals surface area contributed by atoms with Crippen LogP contribution in [0, 0.1) is 52.3 Å². The van der Waals surface area contributed by atoms with Crippen molar-refractivity contribution in [1.29, 1.82) is 5.26 Å². The molecular formula is C27H46N6O. The minimum atomic E-state index is -0.198. The van der Waals surface area contributed by atoms with Crippen molar-refractivity contribution in [2.24, 2.45) is 40.9 Å². The summed E-state index contributed by atoms with van der Waals surface area (Å²) in [6.45, 7) is 6.32. The van der Waals surface area contributed by atoms with Crippen LogP contribution in [0.25, 0.3) is 0 Å². The van der Waals surface area contributed by atoms with E-state index >= 15 is 0 Å². The van der Waals surface area contributed by atoms with E-state index in [1.54, 1.807) is 7.05 Å². The number of carbonyl (C=O) groups excluding carboxylic acids is 1. The van der Waals surface area contributed by atoms with Crippen molar-refractivity contribution in [3.05, 3.63) is 0 Å². The molecule has 0 aromatic carbocycles. The van der Waals surface area contributed by atoms with Crippen LogP contribution >= 0.6 is 0 Å². The molecule has 34 heavy (non-hydrogen) atoms. The minimum Gasteiger partial charge on any atom is -0.358 e. The number of fused-ring (bicyclic) bond motifs is 3. The number of hydrazine groups is 1. The monoisotopic (exact) mass is 470 g/mol. The van der Waals surface area contributed by atoms with Crippen molar-refractivity contribution in [1.82, 2.24) is 26.8 Å². The van der Waals surface area contributed by atoms with Gasteiger partial charge in [0, 0.05) is 31.7 Å². The van der Waals surface area contributed by atoms with Gasteiger partial charge in [-0.15, -0.1) is 0 Å². The van der Waals surface area contributed by atoms with Gasteiger partial charge in [-0.1, -0.05) is 0 Å². The average Bonchev–Trinajstić information content (AvgIpc) is 3.33. The molecular weight excluding hydrogens is 424 g/mol. The fourth-order valence-corrected chi connectivity index (χ4v) is 8.42. The molecule has 0 aromatic heterocycles. The molecule has 7 nitrogen and oxygen atoms in total. The average molecular weight is 471 g/mol. The van der Waals surface area contributed by atoms with Crippen molar-refractivity contribution in [3.8, 4) is 6.07 Å². The van der Waals surface area contributed by atoms with E-state index < -0.39 is 0 Å². The predicted molar refractivity (Wildman–Crippen MR) is 133 cm³/mol. The maximum Gasteiger partial charge on any atom is 0.236 e. The Morgan fingerprint density at radius 1 is 0.882 bits per heavy atom. The number of carbonyl (C=O) groups is 1. The molecule has 190 valence electrons. The Labute approximate surface area is 205 Å². The van der Waals surface area contributed by atoms with Gasteiger partial charge < -0.3 is 16.0 Å². The van der Waals surface area contributed by atoms with E-state index in [0.717, 1.165) is 37.3 Å². The lowest BCUT2D eigenvalue weighted by Gasteiger charge is -2.50. The first kappa shape index (κ1) is 24.5.